The van der Waals surface area contributed by atoms with Crippen molar-refractivity contribution in [2.45, 2.75) is 0 Å². The van der Waals surface area contributed by atoms with E-state index in [0.717, 1.165) is 11.3 Å². The van der Waals surface area contributed by atoms with E-state index < -0.39 is 0 Å². The number of ether oxygens (including phenoxy) is 1. The molecule has 1 heterocycles. The number of carbonyl (C=O) groups excluding carboxylic acids is 1. The van der Waals surface area contributed by atoms with Crippen molar-refractivity contribution in [1.29, 1.82) is 0 Å². The number of halogens is 1. The van der Waals surface area contributed by atoms with Gasteiger partial charge in [-0.2, -0.15) is 0 Å². The Labute approximate surface area is 128 Å². The molecule has 3 rings (SSSR count). The molecule has 0 atom stereocenters. The first-order valence-corrected chi connectivity index (χ1v) is 7.06. The largest absolute Gasteiger partial charge is 0.482 e. The second-order valence-electron chi connectivity index (χ2n) is 4.72. The van der Waals surface area contributed by atoms with Crippen LogP contribution >= 0.6 is 11.6 Å². The van der Waals surface area contributed by atoms with Crippen molar-refractivity contribution in [2.75, 3.05) is 18.1 Å². The van der Waals surface area contributed by atoms with Crippen molar-refractivity contribution in [3.05, 3.63) is 65.2 Å². The minimum Gasteiger partial charge on any atom is -0.482 e. The number of hydrogen-bond donors (Lipinski definition) is 0. The Hall–Kier alpha value is -2.26. The Bertz CT molecular complexity index is 682. The number of amides is 1. The van der Waals surface area contributed by atoms with Crippen molar-refractivity contribution >= 4 is 29.3 Å². The standard InChI is InChI=1S/C17H14ClNO2/c18-14-8-9-16-15(11-14)19(17(20)12-21-16)10-4-7-13-5-2-1-3-6-13/h1-9,11H,10,12H2. The normalized spacial score (nSPS) is 14.1. The molecule has 0 saturated heterocycles. The van der Waals surface area contributed by atoms with Crippen LogP contribution in [0, 0.1) is 0 Å². The van der Waals surface area contributed by atoms with Gasteiger partial charge in [0.05, 0.1) is 5.69 Å². The van der Waals surface area contributed by atoms with Gasteiger partial charge in [-0.25, -0.2) is 0 Å². The summed E-state index contributed by atoms with van der Waals surface area (Å²) in [6.45, 7) is 0.554. The fraction of sp³-hybridized carbons (Fsp3) is 0.118. The predicted octanol–water partition coefficient (Wildman–Crippen LogP) is 3.78. The van der Waals surface area contributed by atoms with E-state index in [0.29, 0.717) is 17.3 Å². The number of rotatable bonds is 3. The van der Waals surface area contributed by atoms with Crippen LogP contribution < -0.4 is 9.64 Å². The number of benzene rings is 2. The summed E-state index contributed by atoms with van der Waals surface area (Å²) in [7, 11) is 0. The van der Waals surface area contributed by atoms with Gasteiger partial charge >= 0.3 is 0 Å². The summed E-state index contributed by atoms with van der Waals surface area (Å²) in [5, 5.41) is 0.587. The Morgan fingerprint density at radius 3 is 2.81 bits per heavy atom. The van der Waals surface area contributed by atoms with E-state index in [1.807, 2.05) is 42.5 Å². The molecule has 2 aromatic rings. The van der Waals surface area contributed by atoms with Gasteiger partial charge in [0, 0.05) is 11.6 Å². The monoisotopic (exact) mass is 299 g/mol. The zero-order valence-corrected chi connectivity index (χ0v) is 12.1. The summed E-state index contributed by atoms with van der Waals surface area (Å²) in [4.78, 5) is 13.7. The fourth-order valence-electron chi connectivity index (χ4n) is 2.23. The summed E-state index contributed by atoms with van der Waals surface area (Å²) in [5.41, 5.74) is 1.82. The van der Waals surface area contributed by atoms with E-state index in [9.17, 15) is 4.79 Å². The Kier molecular flexibility index (Phi) is 3.93. The summed E-state index contributed by atoms with van der Waals surface area (Å²) in [5.74, 6) is 0.620. The first-order valence-electron chi connectivity index (χ1n) is 6.68. The fourth-order valence-corrected chi connectivity index (χ4v) is 2.40. The molecule has 0 radical (unpaired) electrons. The van der Waals surface area contributed by atoms with Crippen molar-refractivity contribution in [1.82, 2.24) is 0 Å². The van der Waals surface area contributed by atoms with Gasteiger partial charge in [-0.15, -0.1) is 0 Å². The molecular weight excluding hydrogens is 286 g/mol. The lowest BCUT2D eigenvalue weighted by molar-refractivity contribution is -0.121. The van der Waals surface area contributed by atoms with Crippen LogP contribution in [0.2, 0.25) is 5.02 Å². The molecule has 2 aromatic carbocycles. The van der Waals surface area contributed by atoms with Crippen LogP contribution in [0.3, 0.4) is 0 Å². The highest BCUT2D eigenvalue weighted by Gasteiger charge is 2.24. The van der Waals surface area contributed by atoms with Crippen LogP contribution in [0.4, 0.5) is 5.69 Å². The Morgan fingerprint density at radius 2 is 2.00 bits per heavy atom. The minimum absolute atomic E-state index is 0.0633. The topological polar surface area (TPSA) is 29.5 Å². The first kappa shape index (κ1) is 13.7. The van der Waals surface area contributed by atoms with Gasteiger partial charge in [0.1, 0.15) is 5.75 Å². The zero-order chi connectivity index (χ0) is 14.7. The maximum Gasteiger partial charge on any atom is 0.265 e. The number of fused-ring (bicyclic) bond motifs is 1. The highest BCUT2D eigenvalue weighted by atomic mass is 35.5. The molecule has 0 saturated carbocycles. The summed E-state index contributed by atoms with van der Waals surface area (Å²) in [6.07, 6.45) is 3.95. The third-order valence-corrected chi connectivity index (χ3v) is 3.50. The smallest absolute Gasteiger partial charge is 0.265 e. The summed E-state index contributed by atoms with van der Waals surface area (Å²) < 4.78 is 5.41. The van der Waals surface area contributed by atoms with E-state index in [4.69, 9.17) is 16.3 Å². The lowest BCUT2D eigenvalue weighted by atomic mass is 10.2. The second kappa shape index (κ2) is 6.02. The molecule has 0 N–H and O–H groups in total. The predicted molar refractivity (Wildman–Crippen MR) is 84.8 cm³/mol. The average molecular weight is 300 g/mol. The number of anilines is 1. The molecule has 1 aliphatic heterocycles. The van der Waals surface area contributed by atoms with Gasteiger partial charge in [0.15, 0.2) is 6.61 Å². The van der Waals surface area contributed by atoms with Crippen LogP contribution in [0.15, 0.2) is 54.6 Å². The van der Waals surface area contributed by atoms with Crippen LogP contribution in [0.25, 0.3) is 6.08 Å². The van der Waals surface area contributed by atoms with Crippen LogP contribution in [0.5, 0.6) is 5.75 Å². The van der Waals surface area contributed by atoms with Crippen LogP contribution in [0.1, 0.15) is 5.56 Å². The van der Waals surface area contributed by atoms with Crippen molar-refractivity contribution in [3.8, 4) is 5.75 Å². The van der Waals surface area contributed by atoms with Crippen molar-refractivity contribution in [3.63, 3.8) is 0 Å². The van der Waals surface area contributed by atoms with Gasteiger partial charge in [0.25, 0.3) is 5.91 Å². The Balaban J connectivity index is 1.80. The van der Waals surface area contributed by atoms with Gasteiger partial charge in [-0.1, -0.05) is 54.1 Å². The molecule has 0 unspecified atom stereocenters. The average Bonchev–Trinajstić information content (AvgIpc) is 2.50. The molecule has 0 spiro atoms. The van der Waals surface area contributed by atoms with Crippen molar-refractivity contribution in [2.24, 2.45) is 0 Å². The van der Waals surface area contributed by atoms with Crippen molar-refractivity contribution < 1.29 is 9.53 Å². The molecule has 1 aliphatic rings. The maximum atomic E-state index is 12.0. The third kappa shape index (κ3) is 3.09. The lowest BCUT2D eigenvalue weighted by Crippen LogP contribution is -2.38. The maximum absolute atomic E-state index is 12.0. The SMILES string of the molecule is O=C1COc2ccc(Cl)cc2N1CC=Cc1ccccc1. The highest BCUT2D eigenvalue weighted by Crippen LogP contribution is 2.34. The molecule has 0 aliphatic carbocycles. The van der Waals surface area contributed by atoms with E-state index in [1.54, 1.807) is 23.1 Å². The van der Waals surface area contributed by atoms with E-state index >= 15 is 0 Å². The zero-order valence-electron chi connectivity index (χ0n) is 11.3. The third-order valence-electron chi connectivity index (χ3n) is 3.26. The van der Waals surface area contributed by atoms with E-state index in [2.05, 4.69) is 0 Å². The summed E-state index contributed by atoms with van der Waals surface area (Å²) >= 11 is 6.01. The molecule has 1 amide bonds. The van der Waals surface area contributed by atoms with Gasteiger partial charge in [-0.05, 0) is 23.8 Å². The van der Waals surface area contributed by atoms with Gasteiger partial charge in [-0.3, -0.25) is 4.79 Å². The molecule has 21 heavy (non-hydrogen) atoms. The molecule has 0 aromatic heterocycles. The minimum atomic E-state index is -0.0671. The quantitative estimate of drug-likeness (QED) is 0.863. The molecule has 0 fully saturated rings. The lowest BCUT2D eigenvalue weighted by Gasteiger charge is -2.28. The highest BCUT2D eigenvalue weighted by molar-refractivity contribution is 6.31. The second-order valence-corrected chi connectivity index (χ2v) is 5.15. The summed E-state index contributed by atoms with van der Waals surface area (Å²) in [6, 6.07) is 15.3. The molecule has 3 nitrogen and oxygen atoms in total. The van der Waals surface area contributed by atoms with Crippen LogP contribution in [-0.2, 0) is 4.79 Å². The van der Waals surface area contributed by atoms with Gasteiger partial charge in [0.2, 0.25) is 0 Å². The Morgan fingerprint density at radius 1 is 1.19 bits per heavy atom. The molecular formula is C17H14ClNO2. The molecule has 4 heteroatoms. The van der Waals surface area contributed by atoms with E-state index in [-0.39, 0.29) is 12.5 Å². The number of hydrogen-bond acceptors (Lipinski definition) is 2. The molecule has 0 bridgehead atoms. The first-order chi connectivity index (χ1) is 10.2. The van der Waals surface area contributed by atoms with Crippen LogP contribution in [-0.4, -0.2) is 19.1 Å². The van der Waals surface area contributed by atoms with Gasteiger partial charge < -0.3 is 9.64 Å². The number of nitrogens with zero attached hydrogens (tertiary/aromatic N) is 1. The molecule has 106 valence electrons. The number of carbonyl (C=O) groups is 1. The van der Waals surface area contributed by atoms with E-state index in [1.165, 1.54) is 0 Å².